The molecule has 188 valence electrons. The number of alkyl halides is 3. The highest BCUT2D eigenvalue weighted by molar-refractivity contribution is 5.76. The molecule has 2 aliphatic rings. The number of hydrogen-bond donors (Lipinski definition) is 0. The van der Waals surface area contributed by atoms with Gasteiger partial charge in [-0.3, -0.25) is 0 Å². The third-order valence-electron chi connectivity index (χ3n) is 7.22. The summed E-state index contributed by atoms with van der Waals surface area (Å²) in [4.78, 5) is 2.31. The first-order valence-electron chi connectivity index (χ1n) is 12.6. The Kier molecular flexibility index (Phi) is 5.90. The van der Waals surface area contributed by atoms with E-state index in [-0.39, 0.29) is 17.2 Å². The monoisotopic (exact) mass is 500 g/mol. The SMILES string of the molecule is Cc1cccc(-c2ccc(N3CC(/C=C/c4c(-c5ccccc5C(F)(F)F)noc4C4CC4)C3)cc2)c1. The van der Waals surface area contributed by atoms with E-state index < -0.39 is 11.7 Å². The molecule has 1 aliphatic carbocycles. The van der Waals surface area contributed by atoms with Crippen molar-refractivity contribution in [1.82, 2.24) is 5.16 Å². The molecule has 0 atom stereocenters. The highest BCUT2D eigenvalue weighted by Gasteiger charge is 2.37. The molecule has 0 amide bonds. The molecule has 1 aromatic heterocycles. The van der Waals surface area contributed by atoms with Gasteiger partial charge >= 0.3 is 6.18 Å². The first-order valence-corrected chi connectivity index (χ1v) is 12.6. The lowest BCUT2D eigenvalue weighted by atomic mass is 9.94. The Morgan fingerprint density at radius 2 is 1.68 bits per heavy atom. The average molecular weight is 501 g/mol. The first-order chi connectivity index (χ1) is 17.9. The van der Waals surface area contributed by atoms with E-state index in [2.05, 4.69) is 71.6 Å². The van der Waals surface area contributed by atoms with Gasteiger partial charge in [0.15, 0.2) is 0 Å². The summed E-state index contributed by atoms with van der Waals surface area (Å²) in [7, 11) is 0. The molecule has 2 fully saturated rings. The third kappa shape index (κ3) is 4.80. The summed E-state index contributed by atoms with van der Waals surface area (Å²) < 4.78 is 46.6. The summed E-state index contributed by atoms with van der Waals surface area (Å²) in [5.74, 6) is 1.25. The van der Waals surface area contributed by atoms with Crippen molar-refractivity contribution in [1.29, 1.82) is 0 Å². The molecule has 3 nitrogen and oxygen atoms in total. The molecule has 0 N–H and O–H groups in total. The van der Waals surface area contributed by atoms with Crippen LogP contribution in [0, 0.1) is 12.8 Å². The highest BCUT2D eigenvalue weighted by atomic mass is 19.4. The van der Waals surface area contributed by atoms with Crippen molar-refractivity contribution in [3.63, 3.8) is 0 Å². The van der Waals surface area contributed by atoms with Crippen LogP contribution in [0.5, 0.6) is 0 Å². The van der Waals surface area contributed by atoms with Crippen LogP contribution in [0.25, 0.3) is 28.5 Å². The van der Waals surface area contributed by atoms with Crippen molar-refractivity contribution < 1.29 is 17.7 Å². The van der Waals surface area contributed by atoms with Gasteiger partial charge in [-0.05, 0) is 49.1 Å². The fourth-order valence-corrected chi connectivity index (χ4v) is 5.01. The van der Waals surface area contributed by atoms with Crippen LogP contribution in [0.4, 0.5) is 18.9 Å². The van der Waals surface area contributed by atoms with Gasteiger partial charge in [-0.25, -0.2) is 0 Å². The lowest BCUT2D eigenvalue weighted by Gasteiger charge is -2.39. The van der Waals surface area contributed by atoms with Gasteiger partial charge in [0.25, 0.3) is 0 Å². The maximum atomic E-state index is 13.7. The second-order valence-corrected chi connectivity index (χ2v) is 10.1. The van der Waals surface area contributed by atoms with E-state index >= 15 is 0 Å². The van der Waals surface area contributed by atoms with Gasteiger partial charge in [-0.2, -0.15) is 13.2 Å². The molecule has 2 heterocycles. The number of hydrogen-bond acceptors (Lipinski definition) is 3. The van der Waals surface area contributed by atoms with E-state index in [4.69, 9.17) is 4.52 Å². The molecular formula is C31H27F3N2O. The van der Waals surface area contributed by atoms with Gasteiger partial charge in [0.05, 0.1) is 5.56 Å². The summed E-state index contributed by atoms with van der Waals surface area (Å²) in [5, 5.41) is 4.11. The minimum Gasteiger partial charge on any atom is -0.370 e. The third-order valence-corrected chi connectivity index (χ3v) is 7.22. The zero-order valence-electron chi connectivity index (χ0n) is 20.5. The number of aryl methyl sites for hydroxylation is 1. The molecule has 4 aromatic rings. The standard InChI is InChI=1S/C31H27F3N2O/c1-20-5-4-6-24(17-20)22-12-14-25(15-13-22)36-18-21(19-36)9-16-27-29(35-37-30(27)23-10-11-23)26-7-2-3-8-28(26)31(32,33)34/h2-9,12-17,21,23H,10-11,18-19H2,1H3/b16-9+. The van der Waals surface area contributed by atoms with E-state index in [1.807, 2.05) is 6.08 Å². The van der Waals surface area contributed by atoms with Crippen LogP contribution in [0.15, 0.2) is 83.4 Å². The van der Waals surface area contributed by atoms with Gasteiger partial charge < -0.3 is 9.42 Å². The summed E-state index contributed by atoms with van der Waals surface area (Å²) in [6.45, 7) is 3.81. The Bertz CT molecular complexity index is 1440. The topological polar surface area (TPSA) is 29.3 Å². The van der Waals surface area contributed by atoms with E-state index in [1.165, 1.54) is 34.5 Å². The van der Waals surface area contributed by atoms with Gasteiger partial charge in [-0.15, -0.1) is 0 Å². The maximum absolute atomic E-state index is 13.7. The number of aromatic nitrogens is 1. The minimum absolute atomic E-state index is 0.0641. The number of benzene rings is 3. The van der Waals surface area contributed by atoms with Crippen LogP contribution in [-0.2, 0) is 6.18 Å². The zero-order valence-corrected chi connectivity index (χ0v) is 20.5. The predicted octanol–water partition coefficient (Wildman–Crippen LogP) is 8.36. The fraction of sp³-hybridized carbons (Fsp3) is 0.258. The van der Waals surface area contributed by atoms with E-state index in [0.29, 0.717) is 17.2 Å². The van der Waals surface area contributed by atoms with Crippen molar-refractivity contribution >= 4 is 11.8 Å². The normalized spacial score (nSPS) is 16.4. The molecule has 1 saturated heterocycles. The van der Waals surface area contributed by atoms with E-state index in [1.54, 1.807) is 6.07 Å². The van der Waals surface area contributed by atoms with Crippen LogP contribution in [0.2, 0.25) is 0 Å². The average Bonchev–Trinajstić information content (AvgIpc) is 3.62. The minimum atomic E-state index is -4.46. The van der Waals surface area contributed by atoms with Crippen molar-refractivity contribution in [2.45, 2.75) is 31.9 Å². The quantitative estimate of drug-likeness (QED) is 0.266. The summed E-state index contributed by atoms with van der Waals surface area (Å²) in [6.07, 6.45) is 1.52. The summed E-state index contributed by atoms with van der Waals surface area (Å²) in [5.41, 5.74) is 5.13. The molecule has 1 aliphatic heterocycles. The van der Waals surface area contributed by atoms with Crippen LogP contribution in [-0.4, -0.2) is 18.2 Å². The van der Waals surface area contributed by atoms with Gasteiger partial charge in [0, 0.05) is 41.7 Å². The molecule has 0 bridgehead atoms. The van der Waals surface area contributed by atoms with E-state index in [0.717, 1.165) is 32.0 Å². The fourth-order valence-electron chi connectivity index (χ4n) is 5.01. The molecule has 6 rings (SSSR count). The lowest BCUT2D eigenvalue weighted by Crippen LogP contribution is -2.45. The van der Waals surface area contributed by atoms with Crippen LogP contribution < -0.4 is 4.90 Å². The van der Waals surface area contributed by atoms with E-state index in [9.17, 15) is 13.2 Å². The molecule has 0 spiro atoms. The maximum Gasteiger partial charge on any atom is 0.417 e. The van der Waals surface area contributed by atoms with Crippen molar-refractivity contribution in [3.8, 4) is 22.4 Å². The van der Waals surface area contributed by atoms with Crippen molar-refractivity contribution in [2.24, 2.45) is 5.92 Å². The smallest absolute Gasteiger partial charge is 0.370 e. The van der Waals surface area contributed by atoms with Crippen LogP contribution in [0.1, 0.15) is 41.2 Å². The molecule has 0 radical (unpaired) electrons. The number of anilines is 1. The Balaban J connectivity index is 1.19. The van der Waals surface area contributed by atoms with Crippen LogP contribution >= 0.6 is 0 Å². The number of nitrogens with zero attached hydrogens (tertiary/aromatic N) is 2. The second kappa shape index (κ2) is 9.25. The number of rotatable bonds is 6. The number of halogens is 3. The second-order valence-electron chi connectivity index (χ2n) is 10.1. The molecular weight excluding hydrogens is 473 g/mol. The Morgan fingerprint density at radius 3 is 2.38 bits per heavy atom. The van der Waals surface area contributed by atoms with Crippen molar-refractivity contribution in [2.75, 3.05) is 18.0 Å². The Hall–Kier alpha value is -3.80. The molecule has 3 aromatic carbocycles. The van der Waals surface area contributed by atoms with Crippen molar-refractivity contribution in [3.05, 3.63) is 101 Å². The lowest BCUT2D eigenvalue weighted by molar-refractivity contribution is -0.137. The molecule has 37 heavy (non-hydrogen) atoms. The largest absolute Gasteiger partial charge is 0.417 e. The Labute approximate surface area is 214 Å². The zero-order chi connectivity index (χ0) is 25.6. The molecule has 0 unspecified atom stereocenters. The van der Waals surface area contributed by atoms with Crippen LogP contribution in [0.3, 0.4) is 0 Å². The predicted molar refractivity (Wildman–Crippen MR) is 140 cm³/mol. The van der Waals surface area contributed by atoms with Gasteiger partial charge in [0.2, 0.25) is 0 Å². The van der Waals surface area contributed by atoms with Gasteiger partial charge in [-0.1, -0.05) is 77.5 Å². The van der Waals surface area contributed by atoms with Gasteiger partial charge in [0.1, 0.15) is 11.5 Å². The summed E-state index contributed by atoms with van der Waals surface area (Å²) in [6, 6.07) is 22.6. The highest BCUT2D eigenvalue weighted by Crippen LogP contribution is 2.46. The molecule has 6 heteroatoms. The Morgan fingerprint density at radius 1 is 0.919 bits per heavy atom. The summed E-state index contributed by atoms with van der Waals surface area (Å²) >= 11 is 0. The first kappa shape index (κ1) is 23.6. The molecule has 1 saturated carbocycles.